The molecule has 1 unspecified atom stereocenters. The van der Waals surface area contributed by atoms with Gasteiger partial charge in [0.2, 0.25) is 0 Å². The molecule has 1 aromatic rings. The van der Waals surface area contributed by atoms with Crippen LogP contribution in [0.15, 0.2) is 12.4 Å². The average molecular weight is 470 g/mol. The van der Waals surface area contributed by atoms with Crippen molar-refractivity contribution in [1.82, 2.24) is 9.78 Å². The molecule has 188 valence electrons. The van der Waals surface area contributed by atoms with E-state index in [9.17, 15) is 10.2 Å². The first-order valence-electron chi connectivity index (χ1n) is 13.5. The fourth-order valence-corrected chi connectivity index (χ4v) is 9.55. The van der Waals surface area contributed by atoms with Gasteiger partial charge in [0, 0.05) is 19.2 Å². The molecule has 4 saturated carbocycles. The fourth-order valence-electron chi connectivity index (χ4n) is 9.55. The Hall–Kier alpha value is -1.42. The zero-order valence-corrected chi connectivity index (χ0v) is 21.4. The molecule has 6 nitrogen and oxygen atoms in total. The highest BCUT2D eigenvalue weighted by Crippen LogP contribution is 2.66. The van der Waals surface area contributed by atoms with Crippen LogP contribution in [-0.2, 0) is 11.3 Å². The van der Waals surface area contributed by atoms with E-state index >= 15 is 0 Å². The van der Waals surface area contributed by atoms with Crippen LogP contribution in [0.2, 0.25) is 0 Å². The summed E-state index contributed by atoms with van der Waals surface area (Å²) in [4.78, 5) is 0. The van der Waals surface area contributed by atoms with Gasteiger partial charge < -0.3 is 14.9 Å². The zero-order valence-electron chi connectivity index (χ0n) is 21.4. The van der Waals surface area contributed by atoms with Crippen LogP contribution in [0, 0.1) is 58.2 Å². The van der Waals surface area contributed by atoms with Crippen molar-refractivity contribution in [1.29, 1.82) is 5.26 Å². The lowest BCUT2D eigenvalue weighted by molar-refractivity contribution is -0.148. The van der Waals surface area contributed by atoms with Crippen LogP contribution < -0.4 is 0 Å². The molecule has 0 aliphatic heterocycles. The molecule has 34 heavy (non-hydrogen) atoms. The van der Waals surface area contributed by atoms with Gasteiger partial charge in [0.25, 0.3) is 0 Å². The number of methoxy groups -OCH3 is 1. The minimum Gasteiger partial charge on any atom is -0.390 e. The van der Waals surface area contributed by atoms with Gasteiger partial charge in [0.15, 0.2) is 0 Å². The molecule has 6 heteroatoms. The van der Waals surface area contributed by atoms with E-state index in [4.69, 9.17) is 10.00 Å². The van der Waals surface area contributed by atoms with E-state index in [1.165, 1.54) is 32.1 Å². The van der Waals surface area contributed by atoms with Gasteiger partial charge in [-0.15, -0.1) is 0 Å². The topological polar surface area (TPSA) is 91.3 Å². The van der Waals surface area contributed by atoms with Crippen molar-refractivity contribution < 1.29 is 14.9 Å². The molecule has 5 rings (SSSR count). The van der Waals surface area contributed by atoms with Gasteiger partial charge in [-0.25, -0.2) is 0 Å². The molecular formula is C28H43N3O3. The largest absolute Gasteiger partial charge is 0.390 e. The highest BCUT2D eigenvalue weighted by atomic mass is 16.5. The minimum atomic E-state index is -0.848. The summed E-state index contributed by atoms with van der Waals surface area (Å²) < 4.78 is 7.26. The summed E-state index contributed by atoms with van der Waals surface area (Å²) in [5.74, 6) is 3.98. The maximum Gasteiger partial charge on any atom is 0.102 e. The van der Waals surface area contributed by atoms with Gasteiger partial charge in [-0.05, 0) is 106 Å². The number of aromatic nitrogens is 2. The van der Waals surface area contributed by atoms with Crippen LogP contribution in [0.25, 0.3) is 0 Å². The normalized spacial score (nSPS) is 45.5. The van der Waals surface area contributed by atoms with E-state index < -0.39 is 11.2 Å². The van der Waals surface area contributed by atoms with Crippen molar-refractivity contribution >= 4 is 0 Å². The second-order valence-electron chi connectivity index (χ2n) is 13.0. The summed E-state index contributed by atoms with van der Waals surface area (Å²) in [5, 5.41) is 36.3. The first-order valence-corrected chi connectivity index (χ1v) is 13.5. The predicted molar refractivity (Wildman–Crippen MR) is 130 cm³/mol. The summed E-state index contributed by atoms with van der Waals surface area (Å²) in [6.07, 6.45) is 12.5. The molecule has 4 aliphatic rings. The maximum absolute atomic E-state index is 11.7. The average Bonchev–Trinajstić information content (AvgIpc) is 3.37. The Labute approximate surface area is 204 Å². The van der Waals surface area contributed by atoms with Gasteiger partial charge in [0.05, 0.1) is 36.1 Å². The number of hydrogen-bond acceptors (Lipinski definition) is 5. The molecule has 0 spiro atoms. The highest BCUT2D eigenvalue weighted by molar-refractivity contribution is 5.21. The van der Waals surface area contributed by atoms with E-state index in [1.807, 2.05) is 13.8 Å². The van der Waals surface area contributed by atoms with Crippen LogP contribution in [0.4, 0.5) is 0 Å². The number of ether oxygens (including phenoxy) is 1. The first-order chi connectivity index (χ1) is 16.1. The van der Waals surface area contributed by atoms with Crippen molar-refractivity contribution in [3.05, 3.63) is 18.0 Å². The van der Waals surface area contributed by atoms with E-state index in [1.54, 1.807) is 24.2 Å². The molecule has 0 aromatic carbocycles. The molecule has 10 atom stereocenters. The van der Waals surface area contributed by atoms with Crippen LogP contribution in [0.3, 0.4) is 0 Å². The third-order valence-electron chi connectivity index (χ3n) is 11.0. The number of fused-ring (bicyclic) bond motifs is 5. The van der Waals surface area contributed by atoms with Crippen LogP contribution in [0.1, 0.15) is 77.7 Å². The molecular weight excluding hydrogens is 426 g/mol. The van der Waals surface area contributed by atoms with Crippen molar-refractivity contribution in [2.24, 2.45) is 46.8 Å². The summed E-state index contributed by atoms with van der Waals surface area (Å²) in [6, 6.07) is 2.14. The lowest BCUT2D eigenvalue weighted by atomic mass is 9.47. The third-order valence-corrected chi connectivity index (χ3v) is 11.0. The number of rotatable bonds is 5. The first kappa shape index (κ1) is 24.3. The quantitative estimate of drug-likeness (QED) is 0.667. The Kier molecular flexibility index (Phi) is 6.15. The van der Waals surface area contributed by atoms with Gasteiger partial charge in [0.1, 0.15) is 6.07 Å². The fraction of sp³-hybridized carbons (Fsp3) is 0.857. The molecule has 1 aromatic heterocycles. The molecule has 4 fully saturated rings. The van der Waals surface area contributed by atoms with Crippen molar-refractivity contribution in [3.63, 3.8) is 0 Å². The number of nitriles is 1. The Morgan fingerprint density at radius 2 is 2.00 bits per heavy atom. The summed E-state index contributed by atoms with van der Waals surface area (Å²) in [6.45, 7) is 7.56. The van der Waals surface area contributed by atoms with E-state index in [-0.39, 0.29) is 17.3 Å². The zero-order chi connectivity index (χ0) is 24.3. The smallest absolute Gasteiger partial charge is 0.102 e. The minimum absolute atomic E-state index is 0.148. The van der Waals surface area contributed by atoms with Crippen molar-refractivity contribution in [3.8, 4) is 6.07 Å². The highest BCUT2D eigenvalue weighted by Gasteiger charge is 2.61. The van der Waals surface area contributed by atoms with Crippen LogP contribution in [0.5, 0.6) is 0 Å². The molecule has 2 N–H and O–H groups in total. The van der Waals surface area contributed by atoms with Gasteiger partial charge in [-0.3, -0.25) is 4.68 Å². The van der Waals surface area contributed by atoms with Gasteiger partial charge in [-0.1, -0.05) is 6.92 Å². The standard InChI is InChI=1S/C28H43N3O3/c1-26-10-9-21-22(6-5-19-12-27(2,32)20(16-34-4)11-23(19)21)24(26)7-8-25(26)28(3,33)17-31-15-18(13-29)14-30-31/h14-15,19-25,32-33H,5-12,16-17H2,1-4H3/t19-,20-,21+,22-,23+,24+,25+,26+,27+,28?/m1/s1. The van der Waals surface area contributed by atoms with Crippen molar-refractivity contribution in [2.75, 3.05) is 13.7 Å². The second kappa shape index (κ2) is 8.61. The second-order valence-corrected chi connectivity index (χ2v) is 13.0. The Morgan fingerprint density at radius 3 is 2.71 bits per heavy atom. The van der Waals surface area contributed by atoms with Crippen LogP contribution in [-0.4, -0.2) is 44.9 Å². The molecule has 1 heterocycles. The molecule has 0 bridgehead atoms. The van der Waals surface area contributed by atoms with Gasteiger partial charge >= 0.3 is 0 Å². The summed E-state index contributed by atoms with van der Waals surface area (Å²) in [5.41, 5.74) is -0.766. The molecule has 0 saturated heterocycles. The van der Waals surface area contributed by atoms with E-state index in [0.29, 0.717) is 36.5 Å². The Balaban J connectivity index is 1.33. The SMILES string of the molecule is COC[C@H]1C[C@H]2[C@H](CC[C@@H]3[C@@H]2CC[C@]2(C)[C@@H](C(C)(O)Cn4cc(C#N)cn4)CC[C@@H]32)C[C@]1(C)O. The molecule has 4 aliphatic carbocycles. The van der Waals surface area contributed by atoms with E-state index in [2.05, 4.69) is 18.1 Å². The third kappa shape index (κ3) is 3.92. The van der Waals surface area contributed by atoms with Crippen LogP contribution >= 0.6 is 0 Å². The number of nitrogens with zero attached hydrogens (tertiary/aromatic N) is 3. The monoisotopic (exact) mass is 469 g/mol. The maximum atomic E-state index is 11.7. The van der Waals surface area contributed by atoms with Gasteiger partial charge in [-0.2, -0.15) is 10.4 Å². The predicted octanol–water partition coefficient (Wildman–Crippen LogP) is 4.40. The Morgan fingerprint density at radius 1 is 1.21 bits per heavy atom. The number of aliphatic hydroxyl groups is 2. The number of hydrogen-bond donors (Lipinski definition) is 2. The lowest BCUT2D eigenvalue weighted by Crippen LogP contribution is -2.55. The lowest BCUT2D eigenvalue weighted by Gasteiger charge is -2.59. The van der Waals surface area contributed by atoms with E-state index in [0.717, 1.165) is 31.1 Å². The summed E-state index contributed by atoms with van der Waals surface area (Å²) >= 11 is 0. The Bertz CT molecular complexity index is 934. The summed E-state index contributed by atoms with van der Waals surface area (Å²) in [7, 11) is 1.76. The van der Waals surface area contributed by atoms with Crippen molar-refractivity contribution in [2.45, 2.75) is 89.9 Å². The molecule has 0 amide bonds. The molecule has 0 radical (unpaired) electrons.